The summed E-state index contributed by atoms with van der Waals surface area (Å²) < 4.78 is 0. The number of likely N-dealkylation sites (tertiary alicyclic amines) is 1. The van der Waals surface area contributed by atoms with Crippen LogP contribution in [0.5, 0.6) is 0 Å². The molecule has 0 unspecified atom stereocenters. The van der Waals surface area contributed by atoms with E-state index >= 15 is 0 Å². The van der Waals surface area contributed by atoms with Crippen molar-refractivity contribution in [2.75, 3.05) is 19.6 Å². The largest absolute Gasteiger partial charge is 0.299 e. The molecule has 1 rings (SSSR count). The fourth-order valence-electron chi connectivity index (χ4n) is 1.90. The summed E-state index contributed by atoms with van der Waals surface area (Å²) in [6, 6.07) is 0. The molecule has 0 saturated carbocycles. The molecule has 0 aromatic heterocycles. The zero-order valence-electron chi connectivity index (χ0n) is 8.47. The van der Waals surface area contributed by atoms with Crippen LogP contribution in [0.1, 0.15) is 33.1 Å². The Kier molecular flexibility index (Phi) is 3.80. The third-order valence-corrected chi connectivity index (χ3v) is 2.34. The predicted octanol–water partition coefficient (Wildman–Crippen LogP) is 2.68. The lowest BCUT2D eigenvalue weighted by Crippen LogP contribution is -2.22. The highest BCUT2D eigenvalue weighted by Crippen LogP contribution is 2.14. The Labute approximate surface area is 76.5 Å². The Morgan fingerprint density at radius 1 is 1.33 bits per heavy atom. The average Bonchev–Trinajstić information content (AvgIpc) is 2.37. The van der Waals surface area contributed by atoms with E-state index in [0.29, 0.717) is 0 Å². The molecule has 70 valence electrons. The van der Waals surface area contributed by atoms with Crippen LogP contribution in [0, 0.1) is 5.92 Å². The van der Waals surface area contributed by atoms with Crippen molar-refractivity contribution in [3.8, 4) is 0 Å². The van der Waals surface area contributed by atoms with E-state index in [1.54, 1.807) is 0 Å². The van der Waals surface area contributed by atoms with E-state index in [2.05, 4.69) is 25.3 Å². The molecule has 12 heavy (non-hydrogen) atoms. The molecule has 0 aromatic carbocycles. The third-order valence-electron chi connectivity index (χ3n) is 2.34. The number of rotatable bonds is 4. The summed E-state index contributed by atoms with van der Waals surface area (Å²) in [5, 5.41) is 0. The van der Waals surface area contributed by atoms with E-state index in [0.717, 1.165) is 12.5 Å². The zero-order valence-corrected chi connectivity index (χ0v) is 8.47. The summed E-state index contributed by atoms with van der Waals surface area (Å²) in [4.78, 5) is 2.52. The number of hydrogen-bond acceptors (Lipinski definition) is 1. The maximum absolute atomic E-state index is 4.12. The molecule has 0 amide bonds. The fraction of sp³-hybridized carbons (Fsp3) is 0.818. The normalized spacial score (nSPS) is 18.9. The van der Waals surface area contributed by atoms with Crippen molar-refractivity contribution < 1.29 is 0 Å². The lowest BCUT2D eigenvalue weighted by atomic mass is 10.0. The molecule has 0 spiro atoms. The van der Waals surface area contributed by atoms with Gasteiger partial charge >= 0.3 is 0 Å². The Morgan fingerprint density at radius 2 is 1.92 bits per heavy atom. The van der Waals surface area contributed by atoms with E-state index in [4.69, 9.17) is 0 Å². The molecule has 1 fully saturated rings. The maximum atomic E-state index is 4.12. The molecular weight excluding hydrogens is 146 g/mol. The van der Waals surface area contributed by atoms with Crippen molar-refractivity contribution in [1.29, 1.82) is 0 Å². The quantitative estimate of drug-likeness (QED) is 0.582. The van der Waals surface area contributed by atoms with Crippen molar-refractivity contribution in [2.45, 2.75) is 33.1 Å². The summed E-state index contributed by atoms with van der Waals surface area (Å²) >= 11 is 0. The van der Waals surface area contributed by atoms with Gasteiger partial charge in [-0.15, -0.1) is 0 Å². The topological polar surface area (TPSA) is 3.24 Å². The van der Waals surface area contributed by atoms with Crippen molar-refractivity contribution in [1.82, 2.24) is 4.90 Å². The summed E-state index contributed by atoms with van der Waals surface area (Å²) in [5.74, 6) is 0.764. The third kappa shape index (κ3) is 3.40. The fourth-order valence-corrected chi connectivity index (χ4v) is 1.90. The first-order valence-electron chi connectivity index (χ1n) is 5.07. The minimum atomic E-state index is 0.764. The lowest BCUT2D eigenvalue weighted by Gasteiger charge is -2.17. The van der Waals surface area contributed by atoms with Gasteiger partial charge < -0.3 is 0 Å². The van der Waals surface area contributed by atoms with Gasteiger partial charge in [-0.25, -0.2) is 0 Å². The first-order valence-corrected chi connectivity index (χ1v) is 5.07. The van der Waals surface area contributed by atoms with E-state index in [9.17, 15) is 0 Å². The second-order valence-corrected chi connectivity index (χ2v) is 4.33. The number of nitrogens with zero attached hydrogens (tertiary/aromatic N) is 1. The van der Waals surface area contributed by atoms with Crippen molar-refractivity contribution in [3.63, 3.8) is 0 Å². The molecular formula is C11H21N. The molecule has 1 nitrogen and oxygen atoms in total. The highest BCUT2D eigenvalue weighted by molar-refractivity contribution is 4.98. The van der Waals surface area contributed by atoms with Crippen LogP contribution in [0.2, 0.25) is 0 Å². The van der Waals surface area contributed by atoms with E-state index in [-0.39, 0.29) is 0 Å². The molecule has 1 aliphatic rings. The van der Waals surface area contributed by atoms with Crippen LogP contribution in [-0.4, -0.2) is 24.5 Å². The molecule has 0 N–H and O–H groups in total. The van der Waals surface area contributed by atoms with Crippen molar-refractivity contribution >= 4 is 0 Å². The van der Waals surface area contributed by atoms with Crippen molar-refractivity contribution in [3.05, 3.63) is 12.2 Å². The molecule has 1 saturated heterocycles. The molecule has 1 heteroatoms. The van der Waals surface area contributed by atoms with Crippen LogP contribution < -0.4 is 0 Å². The van der Waals surface area contributed by atoms with Crippen LogP contribution in [0.25, 0.3) is 0 Å². The van der Waals surface area contributed by atoms with Gasteiger partial charge in [-0.1, -0.05) is 26.0 Å². The average molecular weight is 167 g/mol. The molecule has 1 aliphatic heterocycles. The summed E-state index contributed by atoms with van der Waals surface area (Å²) in [6.07, 6.45) is 3.96. The second kappa shape index (κ2) is 4.66. The van der Waals surface area contributed by atoms with E-state index in [1.165, 1.54) is 37.9 Å². The highest BCUT2D eigenvalue weighted by Gasteiger charge is 2.12. The van der Waals surface area contributed by atoms with Gasteiger partial charge in [0.25, 0.3) is 0 Å². The van der Waals surface area contributed by atoms with Gasteiger partial charge in [0.1, 0.15) is 0 Å². The summed E-state index contributed by atoms with van der Waals surface area (Å²) in [5.41, 5.74) is 1.41. The van der Waals surface area contributed by atoms with Gasteiger partial charge in [0.05, 0.1) is 0 Å². The van der Waals surface area contributed by atoms with Gasteiger partial charge in [0.2, 0.25) is 0 Å². The van der Waals surface area contributed by atoms with E-state index < -0.39 is 0 Å². The zero-order chi connectivity index (χ0) is 8.97. The van der Waals surface area contributed by atoms with Crippen LogP contribution in [0.15, 0.2) is 12.2 Å². The summed E-state index contributed by atoms with van der Waals surface area (Å²) in [7, 11) is 0. The van der Waals surface area contributed by atoms with Gasteiger partial charge in [-0.2, -0.15) is 0 Å². The van der Waals surface area contributed by atoms with Crippen LogP contribution in [0.3, 0.4) is 0 Å². The molecule has 1 heterocycles. The Morgan fingerprint density at radius 3 is 2.42 bits per heavy atom. The SMILES string of the molecule is C=C(CC(C)C)CN1CCCC1. The van der Waals surface area contributed by atoms with Crippen LogP contribution >= 0.6 is 0 Å². The first-order chi connectivity index (χ1) is 5.68. The van der Waals surface area contributed by atoms with Gasteiger partial charge in [0.15, 0.2) is 0 Å². The van der Waals surface area contributed by atoms with Gasteiger partial charge in [-0.05, 0) is 38.3 Å². The van der Waals surface area contributed by atoms with E-state index in [1.807, 2.05) is 0 Å². The smallest absolute Gasteiger partial charge is 0.0190 e. The lowest BCUT2D eigenvalue weighted by molar-refractivity contribution is 0.361. The monoisotopic (exact) mass is 167 g/mol. The Balaban J connectivity index is 2.16. The Hall–Kier alpha value is -0.300. The minimum Gasteiger partial charge on any atom is -0.299 e. The maximum Gasteiger partial charge on any atom is 0.0190 e. The highest BCUT2D eigenvalue weighted by atomic mass is 15.1. The molecule has 0 aromatic rings. The van der Waals surface area contributed by atoms with Crippen LogP contribution in [-0.2, 0) is 0 Å². The standard InChI is InChI=1S/C11H21N/c1-10(2)8-11(3)9-12-6-4-5-7-12/h10H,3-9H2,1-2H3. The molecule has 0 bridgehead atoms. The minimum absolute atomic E-state index is 0.764. The molecule has 0 aliphatic carbocycles. The van der Waals surface area contributed by atoms with Crippen LogP contribution in [0.4, 0.5) is 0 Å². The Bertz CT molecular complexity index is 143. The summed E-state index contributed by atoms with van der Waals surface area (Å²) in [6.45, 7) is 12.3. The molecule has 0 radical (unpaired) electrons. The second-order valence-electron chi connectivity index (χ2n) is 4.33. The van der Waals surface area contributed by atoms with Crippen molar-refractivity contribution in [2.24, 2.45) is 5.92 Å². The van der Waals surface area contributed by atoms with Gasteiger partial charge in [0, 0.05) is 6.54 Å². The molecule has 0 atom stereocenters. The van der Waals surface area contributed by atoms with Gasteiger partial charge in [-0.3, -0.25) is 4.90 Å². The number of hydrogen-bond donors (Lipinski definition) is 0. The predicted molar refractivity (Wildman–Crippen MR) is 54.3 cm³/mol. The first kappa shape index (κ1) is 9.79.